The van der Waals surface area contributed by atoms with Gasteiger partial charge in [-0.15, -0.1) is 0 Å². The zero-order chi connectivity index (χ0) is 13.7. The minimum Gasteiger partial charge on any atom is -0.381 e. The van der Waals surface area contributed by atoms with Gasteiger partial charge < -0.3 is 10.2 Å². The van der Waals surface area contributed by atoms with Crippen LogP contribution in [0.4, 0.5) is 5.69 Å². The molecule has 0 aromatic heterocycles. The van der Waals surface area contributed by atoms with Gasteiger partial charge in [0.15, 0.2) is 0 Å². The number of halogens is 2. The van der Waals surface area contributed by atoms with Gasteiger partial charge in [0.05, 0.1) is 10.7 Å². The van der Waals surface area contributed by atoms with Crippen molar-refractivity contribution < 1.29 is 0 Å². The van der Waals surface area contributed by atoms with E-state index in [4.69, 9.17) is 23.2 Å². The second-order valence-corrected chi connectivity index (χ2v) is 6.08. The molecule has 1 unspecified atom stereocenters. The molecule has 0 amide bonds. The molecule has 1 heterocycles. The van der Waals surface area contributed by atoms with Crippen molar-refractivity contribution in [3.63, 3.8) is 0 Å². The molecule has 0 aliphatic carbocycles. The summed E-state index contributed by atoms with van der Waals surface area (Å²) in [5.41, 5.74) is 1.00. The van der Waals surface area contributed by atoms with Gasteiger partial charge in [-0.3, -0.25) is 0 Å². The predicted molar refractivity (Wildman–Crippen MR) is 84.5 cm³/mol. The fourth-order valence-electron chi connectivity index (χ4n) is 2.67. The Labute approximate surface area is 126 Å². The molecule has 1 aromatic carbocycles. The Morgan fingerprint density at radius 2 is 2.11 bits per heavy atom. The third kappa shape index (κ3) is 4.55. The summed E-state index contributed by atoms with van der Waals surface area (Å²) in [6, 6.07) is 6.17. The minimum atomic E-state index is 0.514. The number of nitrogens with one attached hydrogen (secondary N) is 1. The lowest BCUT2D eigenvalue weighted by Crippen LogP contribution is -2.27. The number of benzene rings is 1. The summed E-state index contributed by atoms with van der Waals surface area (Å²) >= 11 is 12.1. The molecule has 0 bridgehead atoms. The number of likely N-dealkylation sites (tertiary alicyclic amines) is 1. The van der Waals surface area contributed by atoms with Crippen LogP contribution in [0.5, 0.6) is 0 Å². The molecule has 106 valence electrons. The quantitative estimate of drug-likeness (QED) is 0.869. The maximum atomic E-state index is 6.21. The first kappa shape index (κ1) is 15.0. The molecule has 1 aromatic rings. The topological polar surface area (TPSA) is 15.3 Å². The molecule has 2 rings (SSSR count). The van der Waals surface area contributed by atoms with Crippen LogP contribution in [0.1, 0.15) is 32.6 Å². The van der Waals surface area contributed by atoms with Gasteiger partial charge in [0, 0.05) is 17.6 Å². The summed E-state index contributed by atoms with van der Waals surface area (Å²) in [6.07, 6.45) is 4.88. The van der Waals surface area contributed by atoms with Crippen molar-refractivity contribution in [2.24, 2.45) is 0 Å². The van der Waals surface area contributed by atoms with Crippen molar-refractivity contribution in [2.75, 3.05) is 25.0 Å². The van der Waals surface area contributed by atoms with E-state index in [0.717, 1.165) is 5.69 Å². The standard InChI is InChI=1S/C15H22Cl2N2/c1-2-8-19-9-3-4-13(7-10-19)18-15-6-5-12(16)11-14(15)17/h5-6,11,13,18H,2-4,7-10H2,1H3. The SMILES string of the molecule is CCCN1CCCC(Nc2ccc(Cl)cc2Cl)CC1. The van der Waals surface area contributed by atoms with E-state index in [1.165, 1.54) is 45.3 Å². The molecule has 4 heteroatoms. The Morgan fingerprint density at radius 3 is 2.84 bits per heavy atom. The van der Waals surface area contributed by atoms with Crippen molar-refractivity contribution in [3.8, 4) is 0 Å². The number of hydrogen-bond donors (Lipinski definition) is 1. The largest absolute Gasteiger partial charge is 0.381 e. The van der Waals surface area contributed by atoms with Crippen LogP contribution in [0.2, 0.25) is 10.0 Å². The Morgan fingerprint density at radius 1 is 1.26 bits per heavy atom. The van der Waals surface area contributed by atoms with E-state index in [1.807, 2.05) is 12.1 Å². The van der Waals surface area contributed by atoms with Crippen LogP contribution < -0.4 is 5.32 Å². The molecule has 19 heavy (non-hydrogen) atoms. The van der Waals surface area contributed by atoms with Gasteiger partial charge in [0.2, 0.25) is 0 Å². The van der Waals surface area contributed by atoms with E-state index >= 15 is 0 Å². The molecule has 0 saturated carbocycles. The number of rotatable bonds is 4. The molecule has 1 aliphatic heterocycles. The summed E-state index contributed by atoms with van der Waals surface area (Å²) in [5, 5.41) is 4.96. The maximum Gasteiger partial charge on any atom is 0.0652 e. The molecule has 1 atom stereocenters. The molecular weight excluding hydrogens is 279 g/mol. The Hall–Kier alpha value is -0.440. The maximum absolute atomic E-state index is 6.21. The fourth-order valence-corrected chi connectivity index (χ4v) is 3.13. The van der Waals surface area contributed by atoms with E-state index in [9.17, 15) is 0 Å². The van der Waals surface area contributed by atoms with E-state index < -0.39 is 0 Å². The normalized spacial score (nSPS) is 21.1. The average Bonchev–Trinajstić information content (AvgIpc) is 2.59. The Bertz CT molecular complexity index is 409. The first-order valence-electron chi connectivity index (χ1n) is 7.13. The molecule has 1 aliphatic rings. The van der Waals surface area contributed by atoms with Crippen LogP contribution in [0, 0.1) is 0 Å². The lowest BCUT2D eigenvalue weighted by atomic mass is 10.1. The van der Waals surface area contributed by atoms with E-state index in [2.05, 4.69) is 17.1 Å². The van der Waals surface area contributed by atoms with Crippen LogP contribution in [0.15, 0.2) is 18.2 Å². The zero-order valence-electron chi connectivity index (χ0n) is 11.5. The summed E-state index contributed by atoms with van der Waals surface area (Å²) in [5.74, 6) is 0. The van der Waals surface area contributed by atoms with Gasteiger partial charge >= 0.3 is 0 Å². The summed E-state index contributed by atoms with van der Waals surface area (Å²) in [4.78, 5) is 2.56. The van der Waals surface area contributed by atoms with Crippen LogP contribution in [0.3, 0.4) is 0 Å². The third-order valence-corrected chi connectivity index (χ3v) is 4.20. The summed E-state index contributed by atoms with van der Waals surface area (Å²) in [7, 11) is 0. The van der Waals surface area contributed by atoms with Crippen LogP contribution in [-0.4, -0.2) is 30.6 Å². The highest BCUT2D eigenvalue weighted by Crippen LogP contribution is 2.27. The third-order valence-electron chi connectivity index (χ3n) is 3.65. The first-order chi connectivity index (χ1) is 9.19. The minimum absolute atomic E-state index is 0.514. The van der Waals surface area contributed by atoms with Crippen LogP contribution in [-0.2, 0) is 0 Å². The molecule has 1 N–H and O–H groups in total. The highest BCUT2D eigenvalue weighted by atomic mass is 35.5. The van der Waals surface area contributed by atoms with Gasteiger partial charge in [0.25, 0.3) is 0 Å². The van der Waals surface area contributed by atoms with Gasteiger partial charge in [-0.1, -0.05) is 30.1 Å². The average molecular weight is 301 g/mol. The monoisotopic (exact) mass is 300 g/mol. The molecule has 0 radical (unpaired) electrons. The second-order valence-electron chi connectivity index (χ2n) is 5.24. The number of hydrogen-bond acceptors (Lipinski definition) is 2. The van der Waals surface area contributed by atoms with Gasteiger partial charge in [-0.25, -0.2) is 0 Å². The molecule has 2 nitrogen and oxygen atoms in total. The van der Waals surface area contributed by atoms with Crippen molar-refractivity contribution >= 4 is 28.9 Å². The smallest absolute Gasteiger partial charge is 0.0652 e. The van der Waals surface area contributed by atoms with E-state index in [1.54, 1.807) is 6.07 Å². The molecular formula is C15H22Cl2N2. The lowest BCUT2D eigenvalue weighted by molar-refractivity contribution is 0.285. The highest BCUT2D eigenvalue weighted by molar-refractivity contribution is 6.36. The van der Waals surface area contributed by atoms with Crippen LogP contribution in [0.25, 0.3) is 0 Å². The highest BCUT2D eigenvalue weighted by Gasteiger charge is 2.17. The molecule has 1 saturated heterocycles. The van der Waals surface area contributed by atoms with Crippen molar-refractivity contribution in [1.29, 1.82) is 0 Å². The first-order valence-corrected chi connectivity index (χ1v) is 7.88. The van der Waals surface area contributed by atoms with Gasteiger partial charge in [-0.2, -0.15) is 0 Å². The van der Waals surface area contributed by atoms with Crippen molar-refractivity contribution in [1.82, 2.24) is 4.90 Å². The fraction of sp³-hybridized carbons (Fsp3) is 0.600. The lowest BCUT2D eigenvalue weighted by Gasteiger charge is -2.20. The second kappa shape index (κ2) is 7.37. The van der Waals surface area contributed by atoms with E-state index in [-0.39, 0.29) is 0 Å². The van der Waals surface area contributed by atoms with Crippen LogP contribution >= 0.6 is 23.2 Å². The summed E-state index contributed by atoms with van der Waals surface area (Å²) in [6.45, 7) is 5.86. The number of nitrogens with zero attached hydrogens (tertiary/aromatic N) is 1. The Kier molecular flexibility index (Phi) is 5.80. The van der Waals surface area contributed by atoms with E-state index in [0.29, 0.717) is 16.1 Å². The summed E-state index contributed by atoms with van der Waals surface area (Å²) < 4.78 is 0. The Balaban J connectivity index is 1.92. The van der Waals surface area contributed by atoms with Crippen molar-refractivity contribution in [2.45, 2.75) is 38.6 Å². The van der Waals surface area contributed by atoms with Gasteiger partial charge in [0.1, 0.15) is 0 Å². The zero-order valence-corrected chi connectivity index (χ0v) is 13.0. The van der Waals surface area contributed by atoms with Crippen molar-refractivity contribution in [3.05, 3.63) is 28.2 Å². The van der Waals surface area contributed by atoms with Gasteiger partial charge in [-0.05, 0) is 57.0 Å². The molecule has 1 fully saturated rings. The molecule has 0 spiro atoms. The number of anilines is 1. The predicted octanol–water partition coefficient (Wildman–Crippen LogP) is 4.67.